The Hall–Kier alpha value is -1.49. The van der Waals surface area contributed by atoms with Gasteiger partial charge in [0.05, 0.1) is 0 Å². The van der Waals surface area contributed by atoms with Crippen LogP contribution in [0.15, 0.2) is 23.1 Å². The van der Waals surface area contributed by atoms with Gasteiger partial charge in [-0.1, -0.05) is 6.07 Å². The topological polar surface area (TPSA) is 57.6 Å². The highest BCUT2D eigenvalue weighted by atomic mass is 32.2. The molecule has 1 aliphatic heterocycles. The molecule has 114 valence electrons. The van der Waals surface area contributed by atoms with E-state index in [-0.39, 0.29) is 18.2 Å². The molecule has 21 heavy (non-hydrogen) atoms. The van der Waals surface area contributed by atoms with Gasteiger partial charge >= 0.3 is 5.97 Å². The van der Waals surface area contributed by atoms with Gasteiger partial charge in [0, 0.05) is 30.0 Å². The van der Waals surface area contributed by atoms with Crippen molar-refractivity contribution in [1.29, 1.82) is 0 Å². The van der Waals surface area contributed by atoms with Crippen molar-refractivity contribution in [3.05, 3.63) is 29.3 Å². The Morgan fingerprint density at radius 1 is 1.43 bits per heavy atom. The number of carboxylic acids is 1. The molecule has 1 atom stereocenters. The third-order valence-electron chi connectivity index (χ3n) is 3.94. The maximum Gasteiger partial charge on any atom is 0.303 e. The Balaban J connectivity index is 2.13. The second-order valence-electron chi connectivity index (χ2n) is 5.54. The van der Waals surface area contributed by atoms with E-state index in [0.29, 0.717) is 6.54 Å². The minimum absolute atomic E-state index is 0.0264. The molecule has 1 aliphatic rings. The predicted molar refractivity (Wildman–Crippen MR) is 83.8 cm³/mol. The second kappa shape index (κ2) is 6.98. The molecule has 1 aromatic carbocycles. The number of rotatable bonds is 4. The lowest BCUT2D eigenvalue weighted by Gasteiger charge is -2.32. The van der Waals surface area contributed by atoms with Gasteiger partial charge in [0.25, 0.3) is 5.91 Å². The number of nitrogens with zero attached hydrogens (tertiary/aromatic N) is 1. The summed E-state index contributed by atoms with van der Waals surface area (Å²) in [4.78, 5) is 26.4. The highest BCUT2D eigenvalue weighted by Gasteiger charge is 2.26. The van der Waals surface area contributed by atoms with Crippen molar-refractivity contribution in [1.82, 2.24) is 4.90 Å². The zero-order valence-corrected chi connectivity index (χ0v) is 13.3. The minimum Gasteiger partial charge on any atom is -0.481 e. The SMILES string of the molecule is CSc1ccc(C)c(C(=O)N2CCCC(CC(=O)O)C2)c1. The fraction of sp³-hybridized carbons (Fsp3) is 0.500. The number of carbonyl (C=O) groups is 2. The van der Waals surface area contributed by atoms with Crippen LogP contribution in [0.3, 0.4) is 0 Å². The summed E-state index contributed by atoms with van der Waals surface area (Å²) < 4.78 is 0. The van der Waals surface area contributed by atoms with Gasteiger partial charge in [-0.3, -0.25) is 9.59 Å². The molecule has 1 unspecified atom stereocenters. The van der Waals surface area contributed by atoms with E-state index in [1.165, 1.54) is 0 Å². The number of hydrogen-bond donors (Lipinski definition) is 1. The van der Waals surface area contributed by atoms with Crippen molar-refractivity contribution in [3.8, 4) is 0 Å². The van der Waals surface area contributed by atoms with E-state index >= 15 is 0 Å². The maximum absolute atomic E-state index is 12.7. The summed E-state index contributed by atoms with van der Waals surface area (Å²) in [5.74, 6) is -0.683. The molecular weight excluding hydrogens is 286 g/mol. The zero-order valence-electron chi connectivity index (χ0n) is 12.5. The molecule has 5 heteroatoms. The summed E-state index contributed by atoms with van der Waals surface area (Å²) in [5, 5.41) is 8.91. The number of carboxylic acid groups (broad SMARTS) is 1. The number of likely N-dealkylation sites (tertiary alicyclic amines) is 1. The largest absolute Gasteiger partial charge is 0.481 e. The molecule has 1 amide bonds. The fourth-order valence-electron chi connectivity index (χ4n) is 2.79. The second-order valence-corrected chi connectivity index (χ2v) is 6.42. The molecule has 1 saturated heterocycles. The standard InChI is InChI=1S/C16H21NO3S/c1-11-5-6-13(21-2)9-14(11)16(20)17-7-3-4-12(10-17)8-15(18)19/h5-6,9,12H,3-4,7-8,10H2,1-2H3,(H,18,19). The number of aliphatic carboxylic acids is 1. The average Bonchev–Trinajstić information content (AvgIpc) is 2.46. The molecule has 4 nitrogen and oxygen atoms in total. The number of carbonyl (C=O) groups excluding carboxylic acids is 1. The van der Waals surface area contributed by atoms with Crippen LogP contribution in [0.5, 0.6) is 0 Å². The molecule has 0 saturated carbocycles. The van der Waals surface area contributed by atoms with Crippen LogP contribution in [0, 0.1) is 12.8 Å². The zero-order chi connectivity index (χ0) is 15.4. The number of piperidine rings is 1. The average molecular weight is 307 g/mol. The highest BCUT2D eigenvalue weighted by molar-refractivity contribution is 7.98. The summed E-state index contributed by atoms with van der Waals surface area (Å²) in [6, 6.07) is 5.92. The molecule has 1 N–H and O–H groups in total. The smallest absolute Gasteiger partial charge is 0.303 e. The van der Waals surface area contributed by atoms with E-state index in [0.717, 1.165) is 35.4 Å². The Bertz CT molecular complexity index is 544. The summed E-state index contributed by atoms with van der Waals surface area (Å²) in [6.07, 6.45) is 3.90. The molecule has 0 radical (unpaired) electrons. The van der Waals surface area contributed by atoms with Crippen LogP contribution >= 0.6 is 11.8 Å². The molecular formula is C16H21NO3S. The number of thioether (sulfide) groups is 1. The summed E-state index contributed by atoms with van der Waals surface area (Å²) >= 11 is 1.62. The highest BCUT2D eigenvalue weighted by Crippen LogP contribution is 2.24. The lowest BCUT2D eigenvalue weighted by molar-refractivity contribution is -0.138. The first-order chi connectivity index (χ1) is 10.0. The van der Waals surface area contributed by atoms with Crippen molar-refractivity contribution in [2.75, 3.05) is 19.3 Å². The molecule has 0 aliphatic carbocycles. The molecule has 0 aromatic heterocycles. The molecule has 1 heterocycles. The Morgan fingerprint density at radius 2 is 2.19 bits per heavy atom. The molecule has 1 fully saturated rings. The lowest BCUT2D eigenvalue weighted by atomic mass is 9.94. The first-order valence-electron chi connectivity index (χ1n) is 7.17. The summed E-state index contributed by atoms with van der Waals surface area (Å²) in [5.41, 5.74) is 1.70. The van der Waals surface area contributed by atoms with E-state index in [1.807, 2.05) is 36.3 Å². The van der Waals surface area contributed by atoms with Gasteiger partial charge in [-0.05, 0) is 49.6 Å². The summed E-state index contributed by atoms with van der Waals surface area (Å²) in [7, 11) is 0. The fourth-order valence-corrected chi connectivity index (χ4v) is 3.23. The minimum atomic E-state index is -0.783. The van der Waals surface area contributed by atoms with E-state index in [4.69, 9.17) is 5.11 Å². The van der Waals surface area contributed by atoms with E-state index < -0.39 is 5.97 Å². The van der Waals surface area contributed by atoms with Gasteiger partial charge in [0.2, 0.25) is 0 Å². The quantitative estimate of drug-likeness (QED) is 0.869. The van der Waals surface area contributed by atoms with Crippen molar-refractivity contribution in [2.24, 2.45) is 5.92 Å². The van der Waals surface area contributed by atoms with Crippen molar-refractivity contribution < 1.29 is 14.7 Å². The Morgan fingerprint density at radius 3 is 2.86 bits per heavy atom. The van der Waals surface area contributed by atoms with E-state index in [9.17, 15) is 9.59 Å². The summed E-state index contributed by atoms with van der Waals surface area (Å²) in [6.45, 7) is 3.21. The molecule has 1 aromatic rings. The number of amides is 1. The van der Waals surface area contributed by atoms with Crippen molar-refractivity contribution in [3.63, 3.8) is 0 Å². The van der Waals surface area contributed by atoms with Gasteiger partial charge < -0.3 is 10.0 Å². The van der Waals surface area contributed by atoms with Crippen LogP contribution in [-0.4, -0.2) is 41.2 Å². The van der Waals surface area contributed by atoms with Crippen LogP contribution in [0.1, 0.15) is 35.2 Å². The van der Waals surface area contributed by atoms with Gasteiger partial charge in [0.15, 0.2) is 0 Å². The molecule has 0 bridgehead atoms. The first kappa shape index (κ1) is 15.9. The van der Waals surface area contributed by atoms with Gasteiger partial charge in [0.1, 0.15) is 0 Å². The number of hydrogen-bond acceptors (Lipinski definition) is 3. The molecule has 2 rings (SSSR count). The monoisotopic (exact) mass is 307 g/mol. The maximum atomic E-state index is 12.7. The first-order valence-corrected chi connectivity index (χ1v) is 8.39. The number of aryl methyl sites for hydroxylation is 1. The van der Waals surface area contributed by atoms with Crippen LogP contribution in [-0.2, 0) is 4.79 Å². The third-order valence-corrected chi connectivity index (χ3v) is 4.67. The van der Waals surface area contributed by atoms with Crippen molar-refractivity contribution >= 4 is 23.6 Å². The van der Waals surface area contributed by atoms with Gasteiger partial charge in [-0.15, -0.1) is 11.8 Å². The lowest BCUT2D eigenvalue weighted by Crippen LogP contribution is -2.40. The normalized spacial score (nSPS) is 18.6. The number of benzene rings is 1. The predicted octanol–water partition coefficient (Wildman–Crippen LogP) is 3.04. The Labute approximate surface area is 129 Å². The van der Waals surface area contributed by atoms with Gasteiger partial charge in [-0.25, -0.2) is 0 Å². The van der Waals surface area contributed by atoms with E-state index in [1.54, 1.807) is 11.8 Å². The van der Waals surface area contributed by atoms with Gasteiger partial charge in [-0.2, -0.15) is 0 Å². The van der Waals surface area contributed by atoms with E-state index in [2.05, 4.69) is 0 Å². The molecule has 0 spiro atoms. The van der Waals surface area contributed by atoms with Crippen molar-refractivity contribution in [2.45, 2.75) is 31.1 Å². The van der Waals surface area contributed by atoms with Crippen LogP contribution in [0.25, 0.3) is 0 Å². The van der Waals surface area contributed by atoms with Crippen LogP contribution < -0.4 is 0 Å². The van der Waals surface area contributed by atoms with Crippen LogP contribution in [0.2, 0.25) is 0 Å². The third kappa shape index (κ3) is 4.00. The van der Waals surface area contributed by atoms with Crippen LogP contribution in [0.4, 0.5) is 0 Å². The Kier molecular flexibility index (Phi) is 5.28.